The van der Waals surface area contributed by atoms with E-state index in [1.807, 2.05) is 24.3 Å². The minimum atomic E-state index is -3.53. The van der Waals surface area contributed by atoms with Gasteiger partial charge in [-0.2, -0.15) is 0 Å². The molecule has 0 saturated carbocycles. The largest absolute Gasteiger partial charge is 0.346 e. The molecule has 1 amide bonds. The molecule has 0 radical (unpaired) electrons. The number of hydrogen-bond donors (Lipinski definition) is 1. The van der Waals surface area contributed by atoms with E-state index in [0.717, 1.165) is 27.6 Å². The Kier molecular flexibility index (Phi) is 6.73. The molecule has 4 aromatic rings. The van der Waals surface area contributed by atoms with Gasteiger partial charge in [-0.15, -0.1) is 11.3 Å². The first-order valence-electron chi connectivity index (χ1n) is 9.81. The van der Waals surface area contributed by atoms with Crippen molar-refractivity contribution in [2.24, 2.45) is 0 Å². The highest BCUT2D eigenvalue weighted by Crippen LogP contribution is 2.39. The maximum absolute atomic E-state index is 13.5. The SMILES string of the molecule is CS(=O)(=O)c1ccccc1-c1sc(C(=O)NCc2ccc(Br)cc2)nc1-c1ccc(F)cc1. The Hall–Kier alpha value is -2.88. The van der Waals surface area contributed by atoms with Gasteiger partial charge < -0.3 is 5.32 Å². The first-order valence-corrected chi connectivity index (χ1v) is 13.3. The third kappa shape index (κ3) is 5.38. The molecule has 1 N–H and O–H groups in total. The minimum absolute atomic E-state index is 0.138. The van der Waals surface area contributed by atoms with Crippen LogP contribution in [0.5, 0.6) is 0 Å². The average molecular weight is 545 g/mol. The molecular weight excluding hydrogens is 527 g/mol. The van der Waals surface area contributed by atoms with Gasteiger partial charge in [0.2, 0.25) is 0 Å². The number of rotatable bonds is 6. The van der Waals surface area contributed by atoms with E-state index < -0.39 is 15.7 Å². The highest BCUT2D eigenvalue weighted by Gasteiger charge is 2.23. The Morgan fingerprint density at radius 3 is 2.36 bits per heavy atom. The maximum atomic E-state index is 13.5. The Morgan fingerprint density at radius 1 is 1.03 bits per heavy atom. The van der Waals surface area contributed by atoms with Crippen LogP contribution in [-0.4, -0.2) is 25.6 Å². The van der Waals surface area contributed by atoms with Crippen LogP contribution in [0.3, 0.4) is 0 Å². The molecule has 9 heteroatoms. The van der Waals surface area contributed by atoms with Crippen molar-refractivity contribution in [1.82, 2.24) is 10.3 Å². The molecule has 0 unspecified atom stereocenters. The molecule has 0 aliphatic heterocycles. The molecule has 0 atom stereocenters. The number of sulfone groups is 1. The zero-order valence-corrected chi connectivity index (χ0v) is 20.6. The highest BCUT2D eigenvalue weighted by molar-refractivity contribution is 9.10. The van der Waals surface area contributed by atoms with Crippen molar-refractivity contribution < 1.29 is 17.6 Å². The first-order chi connectivity index (χ1) is 15.7. The van der Waals surface area contributed by atoms with Crippen LogP contribution in [0.25, 0.3) is 21.7 Å². The lowest BCUT2D eigenvalue weighted by Gasteiger charge is -2.08. The summed E-state index contributed by atoms with van der Waals surface area (Å²) in [4.78, 5) is 18.1. The van der Waals surface area contributed by atoms with Gasteiger partial charge in [0.15, 0.2) is 14.8 Å². The molecule has 0 aliphatic carbocycles. The van der Waals surface area contributed by atoms with E-state index in [2.05, 4.69) is 26.2 Å². The van der Waals surface area contributed by atoms with Gasteiger partial charge in [-0.25, -0.2) is 17.8 Å². The summed E-state index contributed by atoms with van der Waals surface area (Å²) in [5.41, 5.74) is 2.37. The Morgan fingerprint density at radius 2 is 1.70 bits per heavy atom. The van der Waals surface area contributed by atoms with Crippen LogP contribution in [0.1, 0.15) is 15.4 Å². The summed E-state index contributed by atoms with van der Waals surface area (Å²) < 4.78 is 39.2. The average Bonchev–Trinajstić information content (AvgIpc) is 3.24. The van der Waals surface area contributed by atoms with Crippen LogP contribution in [0.15, 0.2) is 82.2 Å². The molecule has 33 heavy (non-hydrogen) atoms. The quantitative estimate of drug-likeness (QED) is 0.337. The number of hydrogen-bond acceptors (Lipinski definition) is 5. The second-order valence-corrected chi connectivity index (χ2v) is 11.2. The fourth-order valence-corrected chi connectivity index (χ4v) is 5.51. The number of aromatic nitrogens is 1. The minimum Gasteiger partial charge on any atom is -0.346 e. The van der Waals surface area contributed by atoms with Crippen molar-refractivity contribution in [2.45, 2.75) is 11.4 Å². The molecule has 0 spiro atoms. The second kappa shape index (κ2) is 9.54. The van der Waals surface area contributed by atoms with E-state index in [-0.39, 0.29) is 15.8 Å². The third-order valence-corrected chi connectivity index (χ3v) is 7.61. The van der Waals surface area contributed by atoms with Gasteiger partial charge in [0.1, 0.15) is 5.82 Å². The fraction of sp³-hybridized carbons (Fsp3) is 0.0833. The lowest BCUT2D eigenvalue weighted by Crippen LogP contribution is -2.22. The lowest BCUT2D eigenvalue weighted by molar-refractivity contribution is 0.0950. The van der Waals surface area contributed by atoms with E-state index >= 15 is 0 Å². The van der Waals surface area contributed by atoms with E-state index in [1.54, 1.807) is 30.3 Å². The summed E-state index contributed by atoms with van der Waals surface area (Å²) in [5, 5.41) is 3.03. The summed E-state index contributed by atoms with van der Waals surface area (Å²) in [6.45, 7) is 0.312. The molecule has 3 aromatic carbocycles. The van der Waals surface area contributed by atoms with Crippen molar-refractivity contribution >= 4 is 43.0 Å². The Labute approximate surface area is 203 Å². The molecule has 4 rings (SSSR count). The molecule has 0 fully saturated rings. The van der Waals surface area contributed by atoms with Gasteiger partial charge in [0, 0.05) is 28.4 Å². The van der Waals surface area contributed by atoms with Crippen LogP contribution in [0.2, 0.25) is 0 Å². The van der Waals surface area contributed by atoms with Crippen molar-refractivity contribution in [3.05, 3.63) is 93.7 Å². The van der Waals surface area contributed by atoms with Gasteiger partial charge in [-0.05, 0) is 48.0 Å². The first kappa shape index (κ1) is 23.3. The third-order valence-electron chi connectivity index (χ3n) is 4.84. The van der Waals surface area contributed by atoms with Crippen molar-refractivity contribution in [1.29, 1.82) is 0 Å². The summed E-state index contributed by atoms with van der Waals surface area (Å²) in [7, 11) is -3.53. The van der Waals surface area contributed by atoms with Crippen LogP contribution in [-0.2, 0) is 16.4 Å². The number of nitrogens with one attached hydrogen (secondary N) is 1. The topological polar surface area (TPSA) is 76.1 Å². The highest BCUT2D eigenvalue weighted by atomic mass is 79.9. The smallest absolute Gasteiger partial charge is 0.280 e. The fourth-order valence-electron chi connectivity index (χ4n) is 3.24. The van der Waals surface area contributed by atoms with Gasteiger partial charge >= 0.3 is 0 Å². The molecule has 0 bridgehead atoms. The van der Waals surface area contributed by atoms with Gasteiger partial charge in [0.25, 0.3) is 5.91 Å². The lowest BCUT2D eigenvalue weighted by atomic mass is 10.1. The van der Waals surface area contributed by atoms with Gasteiger partial charge in [-0.1, -0.05) is 46.3 Å². The van der Waals surface area contributed by atoms with E-state index in [1.165, 1.54) is 18.2 Å². The second-order valence-electron chi connectivity index (χ2n) is 7.28. The van der Waals surface area contributed by atoms with Crippen molar-refractivity contribution in [3.8, 4) is 21.7 Å². The molecule has 1 aromatic heterocycles. The predicted molar refractivity (Wildman–Crippen MR) is 131 cm³/mol. The standard InChI is InChI=1S/C24H18BrFN2O3S2/c1-33(30,31)20-5-3-2-4-19(20)22-21(16-8-12-18(26)13-9-16)28-24(32-22)23(29)27-14-15-6-10-17(25)11-7-15/h2-13H,14H2,1H3,(H,27,29). The Bertz CT molecular complexity index is 1420. The van der Waals surface area contributed by atoms with Crippen molar-refractivity contribution in [2.75, 3.05) is 6.26 Å². The summed E-state index contributed by atoms with van der Waals surface area (Å²) in [5.74, 6) is -0.783. The zero-order chi connectivity index (χ0) is 23.6. The van der Waals surface area contributed by atoms with Crippen LogP contribution in [0, 0.1) is 5.82 Å². The Balaban J connectivity index is 1.76. The summed E-state index contributed by atoms with van der Waals surface area (Å²) in [6.07, 6.45) is 1.14. The zero-order valence-electron chi connectivity index (χ0n) is 17.4. The van der Waals surface area contributed by atoms with Crippen LogP contribution >= 0.6 is 27.3 Å². The molecular formula is C24H18BrFN2O3S2. The normalized spacial score (nSPS) is 11.4. The van der Waals surface area contributed by atoms with E-state index in [4.69, 9.17) is 0 Å². The molecule has 0 aliphatic rings. The molecule has 5 nitrogen and oxygen atoms in total. The molecule has 1 heterocycles. The number of nitrogens with zero attached hydrogens (tertiary/aromatic N) is 1. The van der Waals surface area contributed by atoms with Gasteiger partial charge in [0.05, 0.1) is 15.5 Å². The number of halogens is 2. The predicted octanol–water partition coefficient (Wildman–Crippen LogP) is 5.71. The number of carbonyl (C=O) groups is 1. The number of thiazole rings is 1. The summed E-state index contributed by atoms with van der Waals surface area (Å²) in [6, 6.07) is 19.8. The van der Waals surface area contributed by atoms with Crippen LogP contribution < -0.4 is 5.32 Å². The van der Waals surface area contributed by atoms with Crippen LogP contribution in [0.4, 0.5) is 4.39 Å². The number of amides is 1. The molecule has 168 valence electrons. The monoisotopic (exact) mass is 544 g/mol. The van der Waals surface area contributed by atoms with E-state index in [0.29, 0.717) is 28.2 Å². The van der Waals surface area contributed by atoms with E-state index in [9.17, 15) is 17.6 Å². The number of carbonyl (C=O) groups excluding carboxylic acids is 1. The van der Waals surface area contributed by atoms with Gasteiger partial charge in [-0.3, -0.25) is 4.79 Å². The summed E-state index contributed by atoms with van der Waals surface area (Å²) >= 11 is 4.48. The molecule has 0 saturated heterocycles. The maximum Gasteiger partial charge on any atom is 0.280 e. The van der Waals surface area contributed by atoms with Crippen molar-refractivity contribution in [3.63, 3.8) is 0 Å². The number of benzene rings is 3.